The third kappa shape index (κ3) is 4.39. The van der Waals surface area contributed by atoms with Crippen molar-refractivity contribution in [1.82, 2.24) is 10.2 Å². The van der Waals surface area contributed by atoms with Gasteiger partial charge in [0.2, 0.25) is 5.91 Å². The lowest BCUT2D eigenvalue weighted by molar-refractivity contribution is -0.113. The Balaban J connectivity index is 1.54. The van der Waals surface area contributed by atoms with Crippen LogP contribution in [0.25, 0.3) is 11.3 Å². The Morgan fingerprint density at radius 1 is 0.958 bits per heavy atom. The van der Waals surface area contributed by atoms with Gasteiger partial charge in [-0.2, -0.15) is 0 Å². The van der Waals surface area contributed by atoms with Crippen molar-refractivity contribution in [2.45, 2.75) is 5.03 Å². The summed E-state index contributed by atoms with van der Waals surface area (Å²) in [5.41, 5.74) is 2.35. The second kappa shape index (κ2) is 7.70. The molecule has 120 valence electrons. The number of nitrogens with one attached hydrogen (secondary N) is 1. The highest BCUT2D eigenvalue weighted by Gasteiger charge is 2.06. The average Bonchev–Trinajstić information content (AvgIpc) is 2.63. The summed E-state index contributed by atoms with van der Waals surface area (Å²) < 4.78 is 12.8. The highest BCUT2D eigenvalue weighted by Crippen LogP contribution is 2.19. The lowest BCUT2D eigenvalue weighted by Crippen LogP contribution is -2.14. The van der Waals surface area contributed by atoms with Crippen LogP contribution in [-0.4, -0.2) is 21.9 Å². The molecule has 0 unspecified atom stereocenters. The Bertz CT molecular complexity index is 808. The van der Waals surface area contributed by atoms with Crippen LogP contribution in [-0.2, 0) is 4.79 Å². The Labute approximate surface area is 143 Å². The van der Waals surface area contributed by atoms with Crippen LogP contribution in [0.15, 0.2) is 71.8 Å². The maximum atomic E-state index is 12.8. The number of hydrogen-bond donors (Lipinski definition) is 1. The monoisotopic (exact) mass is 339 g/mol. The number of amides is 1. The van der Waals surface area contributed by atoms with Crippen molar-refractivity contribution >= 4 is 23.4 Å². The zero-order valence-corrected chi connectivity index (χ0v) is 13.5. The van der Waals surface area contributed by atoms with Crippen LogP contribution < -0.4 is 5.32 Å². The standard InChI is InChI=1S/C18H14FN3OS/c19-14-6-8-15(9-7-14)20-17(23)12-24-18-11-10-16(21-22-18)13-4-2-1-3-5-13/h1-11H,12H2,(H,20,23). The van der Waals surface area contributed by atoms with Gasteiger partial charge < -0.3 is 5.32 Å². The Kier molecular flexibility index (Phi) is 5.18. The summed E-state index contributed by atoms with van der Waals surface area (Å²) in [6, 6.07) is 19.1. The third-order valence-corrected chi connectivity index (χ3v) is 4.11. The van der Waals surface area contributed by atoms with Crippen LogP contribution in [0.2, 0.25) is 0 Å². The van der Waals surface area contributed by atoms with Crippen LogP contribution in [0.5, 0.6) is 0 Å². The average molecular weight is 339 g/mol. The molecule has 0 saturated heterocycles. The van der Waals surface area contributed by atoms with Crippen LogP contribution in [0.4, 0.5) is 10.1 Å². The molecule has 3 aromatic rings. The van der Waals surface area contributed by atoms with E-state index in [4.69, 9.17) is 0 Å². The van der Waals surface area contributed by atoms with Gasteiger partial charge in [-0.15, -0.1) is 10.2 Å². The minimum Gasteiger partial charge on any atom is -0.325 e. The SMILES string of the molecule is O=C(CSc1ccc(-c2ccccc2)nn1)Nc1ccc(F)cc1. The fourth-order valence-electron chi connectivity index (χ4n) is 2.03. The maximum absolute atomic E-state index is 12.8. The number of hydrogen-bond acceptors (Lipinski definition) is 4. The first kappa shape index (κ1) is 16.1. The minimum atomic E-state index is -0.337. The molecule has 1 N–H and O–H groups in total. The van der Waals surface area contributed by atoms with Crippen molar-refractivity contribution in [2.24, 2.45) is 0 Å². The van der Waals surface area contributed by atoms with E-state index in [2.05, 4.69) is 15.5 Å². The molecule has 2 aromatic carbocycles. The van der Waals surface area contributed by atoms with Gasteiger partial charge in [-0.05, 0) is 36.4 Å². The van der Waals surface area contributed by atoms with Crippen LogP contribution in [0.3, 0.4) is 0 Å². The number of aromatic nitrogens is 2. The van der Waals surface area contributed by atoms with Crippen LogP contribution >= 0.6 is 11.8 Å². The summed E-state index contributed by atoms with van der Waals surface area (Å²) in [5, 5.41) is 11.7. The van der Waals surface area contributed by atoms with Gasteiger partial charge in [0.25, 0.3) is 0 Å². The van der Waals surface area contributed by atoms with E-state index in [1.165, 1.54) is 36.0 Å². The number of carbonyl (C=O) groups excluding carboxylic acids is 1. The molecule has 1 aromatic heterocycles. The Morgan fingerprint density at radius 3 is 2.38 bits per heavy atom. The zero-order valence-electron chi connectivity index (χ0n) is 12.6. The van der Waals surface area contributed by atoms with E-state index < -0.39 is 0 Å². The second-order valence-electron chi connectivity index (χ2n) is 4.97. The smallest absolute Gasteiger partial charge is 0.234 e. The molecule has 0 atom stereocenters. The normalized spacial score (nSPS) is 10.4. The molecule has 1 amide bonds. The predicted octanol–water partition coefficient (Wildman–Crippen LogP) is 4.01. The number of rotatable bonds is 5. The van der Waals surface area contributed by atoms with Gasteiger partial charge in [0.05, 0.1) is 11.4 Å². The van der Waals surface area contributed by atoms with Crippen molar-refractivity contribution in [3.8, 4) is 11.3 Å². The molecule has 0 aliphatic rings. The highest BCUT2D eigenvalue weighted by molar-refractivity contribution is 7.99. The molecular weight excluding hydrogens is 325 g/mol. The van der Waals surface area contributed by atoms with Gasteiger partial charge in [-0.3, -0.25) is 4.79 Å². The van der Waals surface area contributed by atoms with Gasteiger partial charge in [-0.1, -0.05) is 42.1 Å². The van der Waals surface area contributed by atoms with E-state index in [9.17, 15) is 9.18 Å². The topological polar surface area (TPSA) is 54.9 Å². The molecule has 0 aliphatic heterocycles. The Morgan fingerprint density at radius 2 is 1.71 bits per heavy atom. The second-order valence-corrected chi connectivity index (χ2v) is 5.96. The number of halogens is 1. The molecule has 4 nitrogen and oxygen atoms in total. The first-order valence-electron chi connectivity index (χ1n) is 7.28. The van der Waals surface area contributed by atoms with E-state index in [-0.39, 0.29) is 17.5 Å². The van der Waals surface area contributed by atoms with Crippen molar-refractivity contribution in [3.63, 3.8) is 0 Å². The number of nitrogens with zero attached hydrogens (tertiary/aromatic N) is 2. The van der Waals surface area contributed by atoms with E-state index in [1.54, 1.807) is 0 Å². The summed E-state index contributed by atoms with van der Waals surface area (Å²) in [7, 11) is 0. The summed E-state index contributed by atoms with van der Waals surface area (Å²) in [5.74, 6) is -0.312. The van der Waals surface area contributed by atoms with Gasteiger partial charge >= 0.3 is 0 Å². The molecule has 1 heterocycles. The number of thioether (sulfide) groups is 1. The molecule has 0 spiro atoms. The van der Waals surface area contributed by atoms with Gasteiger partial charge in [-0.25, -0.2) is 4.39 Å². The van der Waals surface area contributed by atoms with Crippen molar-refractivity contribution < 1.29 is 9.18 Å². The molecule has 3 rings (SSSR count). The maximum Gasteiger partial charge on any atom is 0.234 e. The van der Waals surface area contributed by atoms with Gasteiger partial charge in [0.1, 0.15) is 10.8 Å². The molecule has 24 heavy (non-hydrogen) atoms. The number of anilines is 1. The minimum absolute atomic E-state index is 0.180. The first-order valence-corrected chi connectivity index (χ1v) is 8.27. The lowest BCUT2D eigenvalue weighted by atomic mass is 10.1. The lowest BCUT2D eigenvalue weighted by Gasteiger charge is -2.05. The van der Waals surface area contributed by atoms with Crippen molar-refractivity contribution in [3.05, 3.63) is 72.5 Å². The van der Waals surface area contributed by atoms with E-state index in [0.29, 0.717) is 10.7 Å². The summed E-state index contributed by atoms with van der Waals surface area (Å²) in [4.78, 5) is 11.9. The molecule has 0 aliphatic carbocycles. The first-order chi connectivity index (χ1) is 11.7. The highest BCUT2D eigenvalue weighted by atomic mass is 32.2. The Hall–Kier alpha value is -2.73. The molecule has 0 bridgehead atoms. The number of benzene rings is 2. The quantitative estimate of drug-likeness (QED) is 0.714. The number of carbonyl (C=O) groups is 1. The predicted molar refractivity (Wildman–Crippen MR) is 93.2 cm³/mol. The van der Waals surface area contributed by atoms with Gasteiger partial charge in [0, 0.05) is 11.3 Å². The van der Waals surface area contributed by atoms with Crippen molar-refractivity contribution in [1.29, 1.82) is 0 Å². The molecule has 6 heteroatoms. The summed E-state index contributed by atoms with van der Waals surface area (Å²) in [6.45, 7) is 0. The van der Waals surface area contributed by atoms with E-state index in [1.807, 2.05) is 42.5 Å². The zero-order chi connectivity index (χ0) is 16.8. The molecule has 0 radical (unpaired) electrons. The fourth-order valence-corrected chi connectivity index (χ4v) is 2.64. The fraction of sp³-hybridized carbons (Fsp3) is 0.0556. The van der Waals surface area contributed by atoms with Crippen LogP contribution in [0.1, 0.15) is 0 Å². The van der Waals surface area contributed by atoms with Gasteiger partial charge in [0.15, 0.2) is 0 Å². The summed E-state index contributed by atoms with van der Waals surface area (Å²) in [6.07, 6.45) is 0. The molecule has 0 saturated carbocycles. The summed E-state index contributed by atoms with van der Waals surface area (Å²) >= 11 is 1.30. The third-order valence-electron chi connectivity index (χ3n) is 3.19. The molecule has 0 fully saturated rings. The van der Waals surface area contributed by atoms with Crippen LogP contribution in [0, 0.1) is 5.82 Å². The molecular formula is C18H14FN3OS. The largest absolute Gasteiger partial charge is 0.325 e. The van der Waals surface area contributed by atoms with E-state index >= 15 is 0 Å². The van der Waals surface area contributed by atoms with E-state index in [0.717, 1.165) is 11.3 Å². The van der Waals surface area contributed by atoms with Crippen molar-refractivity contribution in [2.75, 3.05) is 11.1 Å².